The van der Waals surface area contributed by atoms with Gasteiger partial charge < -0.3 is 15.8 Å². The third-order valence-corrected chi connectivity index (χ3v) is 2.72. The molecule has 3 N–H and O–H groups in total. The normalized spacial score (nSPS) is 11.3. The van der Waals surface area contributed by atoms with Crippen LogP contribution < -0.4 is 11.1 Å². The highest BCUT2D eigenvalue weighted by Crippen LogP contribution is 2.27. The zero-order valence-corrected chi connectivity index (χ0v) is 11.5. The van der Waals surface area contributed by atoms with E-state index in [4.69, 9.17) is 10.5 Å². The maximum Gasteiger partial charge on any atom is 0.352 e. The number of nitrogen functional groups attached to an aromatic ring is 1. The van der Waals surface area contributed by atoms with Crippen LogP contribution in [0.5, 0.6) is 0 Å². The molecule has 0 aliphatic heterocycles. The van der Waals surface area contributed by atoms with Gasteiger partial charge in [0.1, 0.15) is 0 Å². The van der Waals surface area contributed by atoms with E-state index >= 15 is 0 Å². The highest BCUT2D eigenvalue weighted by molar-refractivity contribution is 7.18. The Morgan fingerprint density at radius 1 is 1.53 bits per heavy atom. The first kappa shape index (κ1) is 13.8. The minimum atomic E-state index is -0.399. The number of nitrogens with one attached hydrogen (secondary N) is 1. The van der Waals surface area contributed by atoms with E-state index in [9.17, 15) is 4.79 Å². The van der Waals surface area contributed by atoms with Crippen LogP contribution in [0.3, 0.4) is 0 Å². The predicted octanol–water partition coefficient (Wildman–Crippen LogP) is 2.50. The number of carbonyl (C=O) groups is 1. The summed E-state index contributed by atoms with van der Waals surface area (Å²) in [6, 6.07) is 0. The van der Waals surface area contributed by atoms with Crippen LogP contribution in [0.15, 0.2) is 0 Å². The van der Waals surface area contributed by atoms with E-state index in [1.165, 1.54) is 11.3 Å². The van der Waals surface area contributed by atoms with Crippen LogP contribution in [0, 0.1) is 0 Å². The van der Waals surface area contributed by atoms with E-state index in [1.54, 1.807) is 0 Å². The van der Waals surface area contributed by atoms with Gasteiger partial charge in [0.15, 0.2) is 15.8 Å². The summed E-state index contributed by atoms with van der Waals surface area (Å²) in [7, 11) is 0. The number of hydrogen-bond acceptors (Lipinski definition) is 6. The summed E-state index contributed by atoms with van der Waals surface area (Å²) in [5, 5.41) is 3.81. The lowest BCUT2D eigenvalue weighted by Crippen LogP contribution is -2.25. The van der Waals surface area contributed by atoms with Crippen LogP contribution in [0.1, 0.15) is 43.8 Å². The van der Waals surface area contributed by atoms with E-state index in [1.807, 2.05) is 27.7 Å². The number of hydrogen-bond donors (Lipinski definition) is 2. The fraction of sp³-hybridized carbons (Fsp3) is 0.636. The number of esters is 1. The monoisotopic (exact) mass is 257 g/mol. The van der Waals surface area contributed by atoms with Gasteiger partial charge in [-0.25, -0.2) is 9.78 Å². The van der Waals surface area contributed by atoms with E-state index in [0.29, 0.717) is 16.6 Å². The van der Waals surface area contributed by atoms with Gasteiger partial charge in [0, 0.05) is 5.54 Å². The number of anilines is 2. The summed E-state index contributed by atoms with van der Waals surface area (Å²) in [4.78, 5) is 16.1. The summed E-state index contributed by atoms with van der Waals surface area (Å²) in [5.41, 5.74) is 5.58. The molecule has 1 heterocycles. The maximum absolute atomic E-state index is 11.6. The molecular weight excluding hydrogens is 238 g/mol. The molecule has 17 heavy (non-hydrogen) atoms. The molecule has 96 valence electrons. The van der Waals surface area contributed by atoms with Gasteiger partial charge in [-0.15, -0.1) is 0 Å². The average Bonchev–Trinajstić information content (AvgIpc) is 2.53. The molecule has 0 aliphatic rings. The van der Waals surface area contributed by atoms with Crippen LogP contribution in [-0.2, 0) is 4.74 Å². The molecule has 0 spiro atoms. The molecule has 6 heteroatoms. The second kappa shape index (κ2) is 5.35. The molecule has 0 unspecified atom stereocenters. The fourth-order valence-electron chi connectivity index (χ4n) is 1.11. The molecule has 0 aliphatic carbocycles. The Labute approximate surface area is 105 Å². The molecule has 1 aromatic rings. The molecule has 0 saturated heterocycles. The second-order valence-corrected chi connectivity index (χ2v) is 5.74. The Hall–Kier alpha value is -1.30. The van der Waals surface area contributed by atoms with Crippen molar-refractivity contribution in [2.45, 2.75) is 39.7 Å². The van der Waals surface area contributed by atoms with Crippen molar-refractivity contribution < 1.29 is 9.53 Å². The minimum absolute atomic E-state index is 0.116. The van der Waals surface area contributed by atoms with E-state index < -0.39 is 5.97 Å². The summed E-state index contributed by atoms with van der Waals surface area (Å²) >= 11 is 1.22. The molecule has 0 amide bonds. The second-order valence-electron chi connectivity index (χ2n) is 4.74. The van der Waals surface area contributed by atoms with Crippen LogP contribution in [0.4, 0.5) is 10.9 Å². The van der Waals surface area contributed by atoms with Gasteiger partial charge >= 0.3 is 5.97 Å². The number of thiazole rings is 1. The largest absolute Gasteiger partial charge is 0.461 e. The maximum atomic E-state index is 11.6. The van der Waals surface area contributed by atoms with Crippen LogP contribution in [-0.4, -0.2) is 23.1 Å². The van der Waals surface area contributed by atoms with Crippen molar-refractivity contribution in [3.8, 4) is 0 Å². The lowest BCUT2D eigenvalue weighted by molar-refractivity contribution is 0.0512. The molecule has 1 aromatic heterocycles. The zero-order chi connectivity index (χ0) is 13.1. The van der Waals surface area contributed by atoms with Gasteiger partial charge in [0.05, 0.1) is 6.61 Å². The van der Waals surface area contributed by atoms with Crippen molar-refractivity contribution in [1.29, 1.82) is 0 Å². The van der Waals surface area contributed by atoms with Crippen molar-refractivity contribution in [2.75, 3.05) is 17.7 Å². The SMILES string of the molecule is CCCOC(=O)c1sc(NC(C)(C)C)nc1N. The van der Waals surface area contributed by atoms with E-state index in [2.05, 4.69) is 10.3 Å². The lowest BCUT2D eigenvalue weighted by Gasteiger charge is -2.19. The van der Waals surface area contributed by atoms with Gasteiger partial charge in [-0.05, 0) is 27.2 Å². The molecule has 5 nitrogen and oxygen atoms in total. The van der Waals surface area contributed by atoms with E-state index in [0.717, 1.165) is 6.42 Å². The van der Waals surface area contributed by atoms with Gasteiger partial charge in [-0.3, -0.25) is 0 Å². The number of aromatic nitrogens is 1. The quantitative estimate of drug-likeness (QED) is 0.810. The molecule has 1 rings (SSSR count). The molecule has 0 aromatic carbocycles. The van der Waals surface area contributed by atoms with Crippen molar-refractivity contribution in [1.82, 2.24) is 4.98 Å². The third-order valence-electron chi connectivity index (χ3n) is 1.76. The number of rotatable bonds is 4. The Morgan fingerprint density at radius 3 is 2.71 bits per heavy atom. The van der Waals surface area contributed by atoms with E-state index in [-0.39, 0.29) is 11.4 Å². The number of nitrogens with zero attached hydrogens (tertiary/aromatic N) is 1. The van der Waals surface area contributed by atoms with Gasteiger partial charge in [-0.2, -0.15) is 0 Å². The standard InChI is InChI=1S/C11H19N3O2S/c1-5-6-16-9(15)7-8(12)13-10(17-7)14-11(2,3)4/h5-6,12H2,1-4H3,(H,13,14). The highest BCUT2D eigenvalue weighted by atomic mass is 32.1. The fourth-order valence-corrected chi connectivity index (χ4v) is 2.10. The Kier molecular flexibility index (Phi) is 4.34. The smallest absolute Gasteiger partial charge is 0.352 e. The molecular formula is C11H19N3O2S. The summed E-state index contributed by atoms with van der Waals surface area (Å²) < 4.78 is 5.03. The highest BCUT2D eigenvalue weighted by Gasteiger charge is 2.19. The Morgan fingerprint density at radius 2 is 2.18 bits per heavy atom. The zero-order valence-electron chi connectivity index (χ0n) is 10.7. The summed E-state index contributed by atoms with van der Waals surface area (Å²) in [6.07, 6.45) is 0.789. The predicted molar refractivity (Wildman–Crippen MR) is 70.5 cm³/mol. The third kappa shape index (κ3) is 4.22. The molecule has 0 radical (unpaired) electrons. The topological polar surface area (TPSA) is 77.2 Å². The van der Waals surface area contributed by atoms with Crippen molar-refractivity contribution in [2.24, 2.45) is 0 Å². The Balaban J connectivity index is 2.78. The number of nitrogens with two attached hydrogens (primary N) is 1. The van der Waals surface area contributed by atoms with Crippen LogP contribution in [0.25, 0.3) is 0 Å². The number of carbonyl (C=O) groups excluding carboxylic acids is 1. The van der Waals surface area contributed by atoms with Crippen molar-refractivity contribution in [3.05, 3.63) is 4.88 Å². The van der Waals surface area contributed by atoms with Gasteiger partial charge in [0.25, 0.3) is 0 Å². The first-order valence-corrected chi connectivity index (χ1v) is 6.36. The first-order valence-electron chi connectivity index (χ1n) is 5.55. The average molecular weight is 257 g/mol. The summed E-state index contributed by atoms with van der Waals surface area (Å²) in [5.74, 6) is -0.174. The van der Waals surface area contributed by atoms with Crippen molar-refractivity contribution >= 4 is 28.3 Å². The number of ether oxygens (including phenoxy) is 1. The first-order chi connectivity index (χ1) is 7.83. The van der Waals surface area contributed by atoms with Crippen LogP contribution in [0.2, 0.25) is 0 Å². The van der Waals surface area contributed by atoms with Crippen LogP contribution >= 0.6 is 11.3 Å². The van der Waals surface area contributed by atoms with Gasteiger partial charge in [0.2, 0.25) is 0 Å². The molecule has 0 saturated carbocycles. The molecule has 0 atom stereocenters. The molecule has 0 fully saturated rings. The minimum Gasteiger partial charge on any atom is -0.461 e. The Bertz CT molecular complexity index is 396. The molecule has 0 bridgehead atoms. The summed E-state index contributed by atoms with van der Waals surface area (Å²) in [6.45, 7) is 8.38. The lowest BCUT2D eigenvalue weighted by atomic mass is 10.1. The van der Waals surface area contributed by atoms with Gasteiger partial charge in [-0.1, -0.05) is 18.3 Å². The van der Waals surface area contributed by atoms with Crippen molar-refractivity contribution in [3.63, 3.8) is 0 Å².